The van der Waals surface area contributed by atoms with Crippen molar-refractivity contribution < 1.29 is 27.7 Å². The first kappa shape index (κ1) is 21.3. The van der Waals surface area contributed by atoms with Gasteiger partial charge in [0.05, 0.1) is 10.5 Å². The highest BCUT2D eigenvalue weighted by Crippen LogP contribution is 2.29. The van der Waals surface area contributed by atoms with E-state index in [-0.39, 0.29) is 42.1 Å². The van der Waals surface area contributed by atoms with Gasteiger partial charge in [0.25, 0.3) is 11.6 Å². The van der Waals surface area contributed by atoms with Gasteiger partial charge >= 0.3 is 6.18 Å². The van der Waals surface area contributed by atoms with Crippen LogP contribution in [0.1, 0.15) is 28.8 Å². The van der Waals surface area contributed by atoms with Gasteiger partial charge in [-0.3, -0.25) is 19.7 Å². The molecule has 1 fully saturated rings. The molecular formula is C20H18F3N3O4. The molecule has 0 radical (unpaired) electrons. The van der Waals surface area contributed by atoms with Crippen LogP contribution in [-0.4, -0.2) is 34.7 Å². The quantitative estimate of drug-likeness (QED) is 0.594. The number of non-ortho nitro benzene ring substituents is 1. The number of alkyl halides is 3. The average Bonchev–Trinajstić information content (AvgIpc) is 2.73. The van der Waals surface area contributed by atoms with Crippen molar-refractivity contribution in [3.05, 3.63) is 69.8 Å². The Morgan fingerprint density at radius 2 is 1.70 bits per heavy atom. The normalized spacial score (nSPS) is 15.0. The second-order valence-electron chi connectivity index (χ2n) is 6.94. The molecule has 0 bridgehead atoms. The smallest absolute Gasteiger partial charge is 0.339 e. The van der Waals surface area contributed by atoms with Crippen LogP contribution in [0.15, 0.2) is 48.5 Å². The van der Waals surface area contributed by atoms with Crippen LogP contribution in [0.3, 0.4) is 0 Å². The van der Waals surface area contributed by atoms with E-state index in [9.17, 15) is 32.9 Å². The Morgan fingerprint density at radius 1 is 1.07 bits per heavy atom. The zero-order valence-electron chi connectivity index (χ0n) is 15.7. The molecule has 0 atom stereocenters. The van der Waals surface area contributed by atoms with Crippen LogP contribution in [0, 0.1) is 16.0 Å². The molecule has 30 heavy (non-hydrogen) atoms. The molecule has 0 aliphatic carbocycles. The van der Waals surface area contributed by atoms with Crippen molar-refractivity contribution in [1.29, 1.82) is 0 Å². The van der Waals surface area contributed by atoms with Gasteiger partial charge in [-0.15, -0.1) is 0 Å². The number of piperidine rings is 1. The minimum atomic E-state index is -4.47. The standard InChI is InChI=1S/C20H18F3N3O4/c21-20(22,23)15-6-4-14(5-7-15)19(28)25-10-8-13(9-11-25)18(27)24-16-2-1-3-17(12-16)26(29)30/h1-7,12-13H,8-11H2,(H,24,27). The summed E-state index contributed by atoms with van der Waals surface area (Å²) in [5.74, 6) is -1.06. The summed E-state index contributed by atoms with van der Waals surface area (Å²) in [6.45, 7) is 0.569. The van der Waals surface area contributed by atoms with Gasteiger partial charge in [-0.25, -0.2) is 0 Å². The fourth-order valence-corrected chi connectivity index (χ4v) is 3.27. The molecule has 1 aliphatic rings. The number of nitrogens with one attached hydrogen (secondary N) is 1. The second kappa shape index (κ2) is 8.52. The third kappa shape index (κ3) is 4.94. The van der Waals surface area contributed by atoms with E-state index in [0.29, 0.717) is 18.5 Å². The summed E-state index contributed by atoms with van der Waals surface area (Å²) in [5.41, 5.74) is -0.486. The van der Waals surface area contributed by atoms with Gasteiger partial charge in [0.2, 0.25) is 5.91 Å². The Labute approximate surface area is 169 Å². The van der Waals surface area contributed by atoms with Crippen LogP contribution < -0.4 is 5.32 Å². The summed E-state index contributed by atoms with van der Waals surface area (Å²) >= 11 is 0. The summed E-state index contributed by atoms with van der Waals surface area (Å²) < 4.78 is 37.9. The van der Waals surface area contributed by atoms with Crippen LogP contribution in [-0.2, 0) is 11.0 Å². The molecule has 1 N–H and O–H groups in total. The van der Waals surface area contributed by atoms with Gasteiger partial charge in [-0.2, -0.15) is 13.2 Å². The van der Waals surface area contributed by atoms with Crippen LogP contribution in [0.5, 0.6) is 0 Å². The predicted octanol–water partition coefficient (Wildman–Crippen LogP) is 4.10. The lowest BCUT2D eigenvalue weighted by Crippen LogP contribution is -2.41. The maximum absolute atomic E-state index is 12.6. The fourth-order valence-electron chi connectivity index (χ4n) is 3.27. The van der Waals surface area contributed by atoms with E-state index in [0.717, 1.165) is 24.3 Å². The number of amides is 2. The largest absolute Gasteiger partial charge is 0.416 e. The van der Waals surface area contributed by atoms with Crippen molar-refractivity contribution in [2.75, 3.05) is 18.4 Å². The zero-order valence-corrected chi connectivity index (χ0v) is 15.7. The first-order chi connectivity index (χ1) is 14.1. The number of benzene rings is 2. The van der Waals surface area contributed by atoms with Crippen molar-refractivity contribution in [3.63, 3.8) is 0 Å². The third-order valence-corrected chi connectivity index (χ3v) is 4.94. The number of nitrogens with zero attached hydrogens (tertiary/aromatic N) is 2. The second-order valence-corrected chi connectivity index (χ2v) is 6.94. The number of rotatable bonds is 4. The number of nitro benzene ring substituents is 1. The number of likely N-dealkylation sites (tertiary alicyclic amines) is 1. The van der Waals surface area contributed by atoms with E-state index in [1.54, 1.807) is 6.07 Å². The van der Waals surface area contributed by atoms with Crippen LogP contribution in [0.4, 0.5) is 24.5 Å². The molecule has 7 nitrogen and oxygen atoms in total. The van der Waals surface area contributed by atoms with E-state index in [1.807, 2.05) is 0 Å². The lowest BCUT2D eigenvalue weighted by molar-refractivity contribution is -0.384. The lowest BCUT2D eigenvalue weighted by atomic mass is 9.95. The molecule has 0 unspecified atom stereocenters. The van der Waals surface area contributed by atoms with Gasteiger partial charge in [0.15, 0.2) is 0 Å². The molecule has 0 saturated carbocycles. The highest BCUT2D eigenvalue weighted by molar-refractivity contribution is 5.95. The van der Waals surface area contributed by atoms with Gasteiger partial charge in [0, 0.05) is 42.4 Å². The SMILES string of the molecule is O=C(Nc1cccc([N+](=O)[O-])c1)C1CCN(C(=O)c2ccc(C(F)(F)F)cc2)CC1. The van der Waals surface area contributed by atoms with E-state index in [4.69, 9.17) is 0 Å². The van der Waals surface area contributed by atoms with Gasteiger partial charge in [-0.1, -0.05) is 6.07 Å². The summed E-state index contributed by atoms with van der Waals surface area (Å²) in [7, 11) is 0. The summed E-state index contributed by atoms with van der Waals surface area (Å²) in [4.78, 5) is 36.7. The molecule has 1 saturated heterocycles. The van der Waals surface area contributed by atoms with Crippen molar-refractivity contribution >= 4 is 23.2 Å². The molecule has 1 heterocycles. The molecule has 2 aromatic rings. The summed E-state index contributed by atoms with van der Waals surface area (Å²) in [6.07, 6.45) is -3.70. The Bertz CT molecular complexity index is 953. The van der Waals surface area contributed by atoms with Gasteiger partial charge < -0.3 is 10.2 Å². The first-order valence-corrected chi connectivity index (χ1v) is 9.17. The molecule has 2 aromatic carbocycles. The number of hydrogen-bond acceptors (Lipinski definition) is 4. The lowest BCUT2D eigenvalue weighted by Gasteiger charge is -2.31. The third-order valence-electron chi connectivity index (χ3n) is 4.94. The van der Waals surface area contributed by atoms with E-state index in [1.165, 1.54) is 23.1 Å². The maximum Gasteiger partial charge on any atom is 0.416 e. The Hall–Kier alpha value is -3.43. The molecule has 2 amide bonds. The molecule has 3 rings (SSSR count). The zero-order chi connectivity index (χ0) is 21.9. The maximum atomic E-state index is 12.6. The summed E-state index contributed by atoms with van der Waals surface area (Å²) in [6, 6.07) is 9.63. The van der Waals surface area contributed by atoms with Crippen molar-refractivity contribution in [1.82, 2.24) is 4.90 Å². The van der Waals surface area contributed by atoms with Crippen molar-refractivity contribution in [3.8, 4) is 0 Å². The number of anilines is 1. The monoisotopic (exact) mass is 421 g/mol. The first-order valence-electron chi connectivity index (χ1n) is 9.17. The number of nitro groups is 1. The Balaban J connectivity index is 1.56. The Morgan fingerprint density at radius 3 is 2.27 bits per heavy atom. The van der Waals surface area contributed by atoms with Gasteiger partial charge in [0.1, 0.15) is 0 Å². The molecule has 1 aliphatic heterocycles. The van der Waals surface area contributed by atoms with Crippen molar-refractivity contribution in [2.45, 2.75) is 19.0 Å². The Kier molecular flexibility index (Phi) is 6.04. The molecule has 158 valence electrons. The van der Waals surface area contributed by atoms with E-state index < -0.39 is 16.7 Å². The minimum absolute atomic E-state index is 0.134. The van der Waals surface area contributed by atoms with Crippen LogP contribution in [0.2, 0.25) is 0 Å². The van der Waals surface area contributed by atoms with E-state index in [2.05, 4.69) is 5.32 Å². The number of hydrogen-bond donors (Lipinski definition) is 1. The molecule has 0 spiro atoms. The molecule has 0 aromatic heterocycles. The highest BCUT2D eigenvalue weighted by Gasteiger charge is 2.31. The highest BCUT2D eigenvalue weighted by atomic mass is 19.4. The molecule has 10 heteroatoms. The van der Waals surface area contributed by atoms with Crippen LogP contribution >= 0.6 is 0 Å². The minimum Gasteiger partial charge on any atom is -0.339 e. The van der Waals surface area contributed by atoms with Gasteiger partial charge in [-0.05, 0) is 43.2 Å². The number of carbonyl (C=O) groups is 2. The summed E-state index contributed by atoms with van der Waals surface area (Å²) in [5, 5.41) is 13.5. The average molecular weight is 421 g/mol. The number of halogens is 3. The topological polar surface area (TPSA) is 92.5 Å². The number of carbonyl (C=O) groups excluding carboxylic acids is 2. The predicted molar refractivity (Wildman–Crippen MR) is 102 cm³/mol. The fraction of sp³-hybridized carbons (Fsp3) is 0.300. The van der Waals surface area contributed by atoms with Crippen molar-refractivity contribution in [2.24, 2.45) is 5.92 Å². The molecular weight excluding hydrogens is 403 g/mol. The van der Waals surface area contributed by atoms with Crippen LogP contribution in [0.25, 0.3) is 0 Å². The van der Waals surface area contributed by atoms with E-state index >= 15 is 0 Å².